The van der Waals surface area contributed by atoms with Gasteiger partial charge in [-0.15, -0.1) is 0 Å². The van der Waals surface area contributed by atoms with Gasteiger partial charge in [0.15, 0.2) is 0 Å². The molecule has 0 aliphatic carbocycles. The fraction of sp³-hybridized carbons (Fsp3) is 0.400. The van der Waals surface area contributed by atoms with Crippen molar-refractivity contribution in [3.8, 4) is 0 Å². The van der Waals surface area contributed by atoms with E-state index in [0.29, 0.717) is 11.4 Å². The zero-order valence-corrected chi connectivity index (χ0v) is 13.5. The molecule has 2 aromatic rings. The van der Waals surface area contributed by atoms with E-state index >= 15 is 0 Å². The van der Waals surface area contributed by atoms with Gasteiger partial charge < -0.3 is 4.52 Å². The van der Waals surface area contributed by atoms with E-state index in [9.17, 15) is 4.79 Å². The van der Waals surface area contributed by atoms with E-state index in [-0.39, 0.29) is 16.5 Å². The van der Waals surface area contributed by atoms with Crippen molar-refractivity contribution in [1.29, 1.82) is 0 Å². The van der Waals surface area contributed by atoms with Gasteiger partial charge in [-0.1, -0.05) is 37.5 Å². The second-order valence-corrected chi connectivity index (χ2v) is 6.38. The van der Waals surface area contributed by atoms with Gasteiger partial charge in [0.2, 0.25) is 5.88 Å². The van der Waals surface area contributed by atoms with E-state index in [1.807, 2.05) is 34.6 Å². The van der Waals surface area contributed by atoms with E-state index in [2.05, 4.69) is 15.5 Å². The van der Waals surface area contributed by atoms with Crippen LogP contribution >= 0.6 is 11.6 Å². The van der Waals surface area contributed by atoms with Gasteiger partial charge in [0.1, 0.15) is 5.15 Å². The molecule has 21 heavy (non-hydrogen) atoms. The summed E-state index contributed by atoms with van der Waals surface area (Å²) in [7, 11) is 0. The zero-order valence-electron chi connectivity index (χ0n) is 12.7. The van der Waals surface area contributed by atoms with Gasteiger partial charge in [0.05, 0.1) is 5.69 Å². The third-order valence-electron chi connectivity index (χ3n) is 3.21. The number of halogens is 1. The molecule has 0 saturated carbocycles. The third-order valence-corrected chi connectivity index (χ3v) is 3.40. The Kier molecular flexibility index (Phi) is 4.05. The van der Waals surface area contributed by atoms with Gasteiger partial charge in [-0.05, 0) is 26.0 Å². The molecular weight excluding hydrogens is 290 g/mol. The maximum absolute atomic E-state index is 12.3. The van der Waals surface area contributed by atoms with E-state index < -0.39 is 0 Å². The number of rotatable bonds is 2. The molecular formula is C15H18ClN3O2. The highest BCUT2D eigenvalue weighted by Crippen LogP contribution is 2.24. The van der Waals surface area contributed by atoms with E-state index in [1.54, 1.807) is 6.07 Å². The van der Waals surface area contributed by atoms with Crippen molar-refractivity contribution in [1.82, 2.24) is 10.1 Å². The maximum atomic E-state index is 12.3. The van der Waals surface area contributed by atoms with Crippen LogP contribution in [0.25, 0.3) is 0 Å². The highest BCUT2D eigenvalue weighted by atomic mass is 35.5. The summed E-state index contributed by atoms with van der Waals surface area (Å²) in [4.78, 5) is 16.6. The normalized spacial score (nSPS) is 11.5. The number of nitrogens with one attached hydrogen (secondary N) is 1. The fourth-order valence-corrected chi connectivity index (χ4v) is 1.93. The Morgan fingerprint density at radius 2 is 1.95 bits per heavy atom. The second kappa shape index (κ2) is 5.48. The molecule has 0 spiro atoms. The van der Waals surface area contributed by atoms with Crippen molar-refractivity contribution in [3.05, 3.63) is 39.8 Å². The van der Waals surface area contributed by atoms with Crippen molar-refractivity contribution in [2.75, 3.05) is 5.32 Å². The summed E-state index contributed by atoms with van der Waals surface area (Å²) in [5.74, 6) is 0.0480. The monoisotopic (exact) mass is 307 g/mol. The predicted molar refractivity (Wildman–Crippen MR) is 81.9 cm³/mol. The van der Waals surface area contributed by atoms with Gasteiger partial charge in [0.25, 0.3) is 5.91 Å². The molecule has 112 valence electrons. The Balaban J connectivity index is 2.31. The SMILES string of the molecule is Cc1noc(NC(=O)c2cc(Cl)nc(C(C)(C)C)c2)c1C. The van der Waals surface area contributed by atoms with Crippen LogP contribution in [0.1, 0.15) is 48.1 Å². The largest absolute Gasteiger partial charge is 0.338 e. The van der Waals surface area contributed by atoms with Gasteiger partial charge in [-0.25, -0.2) is 4.98 Å². The van der Waals surface area contributed by atoms with Crippen molar-refractivity contribution in [2.24, 2.45) is 0 Å². The minimum Gasteiger partial charge on any atom is -0.338 e. The number of aryl methyl sites for hydroxylation is 1. The standard InChI is InChI=1S/C15H18ClN3O2/c1-8-9(2)19-21-14(8)18-13(20)10-6-11(15(3,4)5)17-12(16)7-10/h6-7H,1-5H3,(H,18,20). The predicted octanol–water partition coefficient (Wildman–Crippen LogP) is 3.89. The molecule has 0 radical (unpaired) electrons. The van der Waals surface area contributed by atoms with Crippen LogP contribution in [-0.2, 0) is 5.41 Å². The lowest BCUT2D eigenvalue weighted by Gasteiger charge is -2.18. The average Bonchev–Trinajstić information content (AvgIpc) is 2.69. The van der Waals surface area contributed by atoms with E-state index in [0.717, 1.165) is 17.0 Å². The highest BCUT2D eigenvalue weighted by Gasteiger charge is 2.20. The number of carbonyl (C=O) groups excluding carboxylic acids is 1. The number of amides is 1. The van der Waals surface area contributed by atoms with Gasteiger partial charge in [0, 0.05) is 22.2 Å². The Labute approximate surface area is 128 Å². The summed E-state index contributed by atoms with van der Waals surface area (Å²) in [5, 5.41) is 6.80. The Bertz CT molecular complexity index is 687. The summed E-state index contributed by atoms with van der Waals surface area (Å²) in [6.07, 6.45) is 0. The fourth-order valence-electron chi connectivity index (χ4n) is 1.72. The molecule has 0 aliphatic rings. The first-order chi connectivity index (χ1) is 9.68. The van der Waals surface area contributed by atoms with Crippen molar-refractivity contribution < 1.29 is 9.32 Å². The molecule has 0 atom stereocenters. The molecule has 1 amide bonds. The topological polar surface area (TPSA) is 68.0 Å². The van der Waals surface area contributed by atoms with Crippen LogP contribution in [0.3, 0.4) is 0 Å². The molecule has 0 fully saturated rings. The van der Waals surface area contributed by atoms with Crippen molar-refractivity contribution >= 4 is 23.4 Å². The number of carbonyl (C=O) groups is 1. The third kappa shape index (κ3) is 3.42. The molecule has 0 aromatic carbocycles. The smallest absolute Gasteiger partial charge is 0.258 e. The van der Waals surface area contributed by atoms with Crippen molar-refractivity contribution in [2.45, 2.75) is 40.0 Å². The molecule has 2 heterocycles. The van der Waals surface area contributed by atoms with Crippen LogP contribution < -0.4 is 5.32 Å². The highest BCUT2D eigenvalue weighted by molar-refractivity contribution is 6.29. The Morgan fingerprint density at radius 1 is 1.29 bits per heavy atom. The summed E-state index contributed by atoms with van der Waals surface area (Å²) >= 11 is 6.01. The first-order valence-electron chi connectivity index (χ1n) is 6.61. The van der Waals surface area contributed by atoms with Crippen LogP contribution in [0.15, 0.2) is 16.7 Å². The van der Waals surface area contributed by atoms with Crippen LogP contribution in [-0.4, -0.2) is 16.0 Å². The molecule has 0 aliphatic heterocycles. The Morgan fingerprint density at radius 3 is 2.48 bits per heavy atom. The summed E-state index contributed by atoms with van der Waals surface area (Å²) in [6, 6.07) is 3.27. The van der Waals surface area contributed by atoms with Gasteiger partial charge in [-0.3, -0.25) is 10.1 Å². The molecule has 0 saturated heterocycles. The Hall–Kier alpha value is -1.88. The number of pyridine rings is 1. The molecule has 2 aromatic heterocycles. The zero-order chi connectivity index (χ0) is 15.8. The number of aromatic nitrogens is 2. The molecule has 0 unspecified atom stereocenters. The minimum atomic E-state index is -0.302. The summed E-state index contributed by atoms with van der Waals surface area (Å²) in [6.45, 7) is 9.68. The molecule has 0 bridgehead atoms. The number of hydrogen-bond acceptors (Lipinski definition) is 4. The lowest BCUT2D eigenvalue weighted by molar-refractivity contribution is 0.102. The lowest BCUT2D eigenvalue weighted by Crippen LogP contribution is -2.17. The lowest BCUT2D eigenvalue weighted by atomic mass is 9.91. The summed E-state index contributed by atoms with van der Waals surface area (Å²) < 4.78 is 5.08. The molecule has 5 nitrogen and oxygen atoms in total. The first-order valence-corrected chi connectivity index (χ1v) is 6.98. The summed E-state index contributed by atoms with van der Waals surface area (Å²) in [5.41, 5.74) is 2.55. The van der Waals surface area contributed by atoms with Gasteiger partial charge >= 0.3 is 0 Å². The number of nitrogens with zero attached hydrogens (tertiary/aromatic N) is 2. The van der Waals surface area contributed by atoms with Crippen LogP contribution in [0.4, 0.5) is 5.88 Å². The molecule has 6 heteroatoms. The van der Waals surface area contributed by atoms with Crippen molar-refractivity contribution in [3.63, 3.8) is 0 Å². The average molecular weight is 308 g/mol. The molecule has 1 N–H and O–H groups in total. The number of anilines is 1. The molecule has 2 rings (SSSR count). The van der Waals surface area contributed by atoms with Gasteiger partial charge in [-0.2, -0.15) is 0 Å². The van der Waals surface area contributed by atoms with E-state index in [4.69, 9.17) is 16.1 Å². The van der Waals surface area contributed by atoms with E-state index in [1.165, 1.54) is 6.07 Å². The van der Waals surface area contributed by atoms with Crippen LogP contribution in [0.5, 0.6) is 0 Å². The number of hydrogen-bond donors (Lipinski definition) is 1. The quantitative estimate of drug-likeness (QED) is 0.855. The maximum Gasteiger partial charge on any atom is 0.258 e. The van der Waals surface area contributed by atoms with Crippen LogP contribution in [0.2, 0.25) is 5.15 Å². The second-order valence-electron chi connectivity index (χ2n) is 5.99. The first kappa shape index (κ1) is 15.5. The minimum absolute atomic E-state index is 0.196. The van der Waals surface area contributed by atoms with Crippen LogP contribution in [0, 0.1) is 13.8 Å².